The van der Waals surface area contributed by atoms with Crippen LogP contribution >= 0.6 is 0 Å². The van der Waals surface area contributed by atoms with Crippen molar-refractivity contribution in [3.8, 4) is 0 Å². The summed E-state index contributed by atoms with van der Waals surface area (Å²) in [5, 5.41) is 10.7. The number of hydrogen-bond donors (Lipinski definition) is 1. The summed E-state index contributed by atoms with van der Waals surface area (Å²) >= 11 is 0. The molecule has 2 atom stereocenters. The number of rotatable bonds is 3. The van der Waals surface area contributed by atoms with Crippen LogP contribution in [-0.4, -0.2) is 67.8 Å². The fourth-order valence-electron chi connectivity index (χ4n) is 3.54. The number of nitrogens with zero attached hydrogens (tertiary/aromatic N) is 2. The van der Waals surface area contributed by atoms with E-state index in [2.05, 4.69) is 4.90 Å². The van der Waals surface area contributed by atoms with Crippen LogP contribution in [0.5, 0.6) is 0 Å². The van der Waals surface area contributed by atoms with Gasteiger partial charge in [-0.1, -0.05) is 0 Å². The lowest BCUT2D eigenvalue weighted by Crippen LogP contribution is -2.49. The lowest BCUT2D eigenvalue weighted by molar-refractivity contribution is -0.0452. The van der Waals surface area contributed by atoms with Crippen LogP contribution in [0.3, 0.4) is 0 Å². The highest BCUT2D eigenvalue weighted by Gasteiger charge is 2.36. The summed E-state index contributed by atoms with van der Waals surface area (Å²) in [6.07, 6.45) is 5.80. The van der Waals surface area contributed by atoms with Gasteiger partial charge in [0, 0.05) is 19.6 Å². The maximum atomic E-state index is 11.6. The first-order valence-corrected chi connectivity index (χ1v) is 8.99. The highest BCUT2D eigenvalue weighted by atomic mass is 32.2. The molecule has 2 heterocycles. The number of likely N-dealkylation sites (N-methyl/N-ethyl adjacent to an activating group) is 1. The van der Waals surface area contributed by atoms with Crippen LogP contribution in [0.1, 0.15) is 32.1 Å². The second kappa shape index (κ2) is 5.68. The average Bonchev–Trinajstić information content (AvgIpc) is 2.27. The SMILES string of the molecule is CN1CCCC(O)(CC2CCCN(S(C)(=O)=O)C2)C1. The van der Waals surface area contributed by atoms with E-state index in [1.807, 2.05) is 7.05 Å². The summed E-state index contributed by atoms with van der Waals surface area (Å²) in [4.78, 5) is 2.17. The molecule has 0 amide bonds. The van der Waals surface area contributed by atoms with Crippen LogP contribution in [0.15, 0.2) is 0 Å². The topological polar surface area (TPSA) is 60.9 Å². The molecule has 2 unspecified atom stereocenters. The van der Waals surface area contributed by atoms with Crippen molar-refractivity contribution in [1.29, 1.82) is 0 Å². The van der Waals surface area contributed by atoms with Gasteiger partial charge in [0.1, 0.15) is 0 Å². The Labute approximate surface area is 116 Å². The molecule has 0 aliphatic carbocycles. The molecule has 2 aliphatic rings. The van der Waals surface area contributed by atoms with E-state index in [4.69, 9.17) is 0 Å². The van der Waals surface area contributed by atoms with Gasteiger partial charge in [-0.2, -0.15) is 0 Å². The van der Waals surface area contributed by atoms with E-state index in [1.54, 1.807) is 4.31 Å². The van der Waals surface area contributed by atoms with Crippen LogP contribution in [0, 0.1) is 5.92 Å². The zero-order valence-corrected chi connectivity index (χ0v) is 12.8. The smallest absolute Gasteiger partial charge is 0.211 e. The van der Waals surface area contributed by atoms with E-state index in [1.165, 1.54) is 6.26 Å². The van der Waals surface area contributed by atoms with Crippen LogP contribution in [-0.2, 0) is 10.0 Å². The molecule has 6 heteroatoms. The molecular weight excluding hydrogens is 264 g/mol. The lowest BCUT2D eigenvalue weighted by Gasteiger charge is -2.41. The normalized spacial score (nSPS) is 35.4. The van der Waals surface area contributed by atoms with Crippen molar-refractivity contribution in [1.82, 2.24) is 9.21 Å². The van der Waals surface area contributed by atoms with Gasteiger partial charge in [0.2, 0.25) is 10.0 Å². The fourth-order valence-corrected chi connectivity index (χ4v) is 4.48. The maximum absolute atomic E-state index is 11.6. The van der Waals surface area contributed by atoms with Crippen LogP contribution in [0.2, 0.25) is 0 Å². The minimum atomic E-state index is -3.09. The minimum Gasteiger partial charge on any atom is -0.389 e. The zero-order valence-electron chi connectivity index (χ0n) is 12.0. The van der Waals surface area contributed by atoms with Crippen molar-refractivity contribution in [3.63, 3.8) is 0 Å². The third-order valence-electron chi connectivity index (χ3n) is 4.37. The predicted molar refractivity (Wildman–Crippen MR) is 75.4 cm³/mol. The van der Waals surface area contributed by atoms with Crippen LogP contribution in [0.4, 0.5) is 0 Å². The lowest BCUT2D eigenvalue weighted by atomic mass is 9.81. The van der Waals surface area contributed by atoms with Gasteiger partial charge in [-0.05, 0) is 51.6 Å². The van der Waals surface area contributed by atoms with Gasteiger partial charge in [0.05, 0.1) is 11.9 Å². The second-order valence-electron chi connectivity index (χ2n) is 6.40. The van der Waals surface area contributed by atoms with Gasteiger partial charge in [0.15, 0.2) is 0 Å². The first kappa shape index (κ1) is 15.2. The van der Waals surface area contributed by atoms with Crippen molar-refractivity contribution in [3.05, 3.63) is 0 Å². The van der Waals surface area contributed by atoms with E-state index in [-0.39, 0.29) is 0 Å². The molecule has 2 rings (SSSR count). The zero-order chi connectivity index (χ0) is 14.1. The molecule has 0 saturated carbocycles. The number of hydrogen-bond acceptors (Lipinski definition) is 4. The highest BCUT2D eigenvalue weighted by Crippen LogP contribution is 2.31. The Morgan fingerprint density at radius 3 is 2.68 bits per heavy atom. The average molecular weight is 290 g/mol. The predicted octanol–water partition coefficient (Wildman–Crippen LogP) is 0.505. The molecule has 2 aliphatic heterocycles. The Kier molecular flexibility index (Phi) is 4.55. The van der Waals surface area contributed by atoms with Crippen molar-refractivity contribution in [2.75, 3.05) is 39.5 Å². The Morgan fingerprint density at radius 1 is 1.32 bits per heavy atom. The molecule has 1 N–H and O–H groups in total. The van der Waals surface area contributed by atoms with E-state index in [9.17, 15) is 13.5 Å². The Morgan fingerprint density at radius 2 is 2.05 bits per heavy atom. The Balaban J connectivity index is 1.95. The number of likely N-dealkylation sites (tertiary alicyclic amines) is 1. The quantitative estimate of drug-likeness (QED) is 0.822. The molecule has 0 aromatic heterocycles. The van der Waals surface area contributed by atoms with Gasteiger partial charge < -0.3 is 10.0 Å². The minimum absolute atomic E-state index is 0.292. The summed E-state index contributed by atoms with van der Waals surface area (Å²) in [6, 6.07) is 0. The second-order valence-corrected chi connectivity index (χ2v) is 8.38. The molecule has 19 heavy (non-hydrogen) atoms. The molecule has 0 aromatic carbocycles. The Hall–Kier alpha value is -0.170. The van der Waals surface area contributed by atoms with E-state index < -0.39 is 15.6 Å². The van der Waals surface area contributed by atoms with Gasteiger partial charge in [-0.15, -0.1) is 0 Å². The molecule has 2 fully saturated rings. The molecule has 2 saturated heterocycles. The van der Waals surface area contributed by atoms with Crippen molar-refractivity contribution in [2.45, 2.75) is 37.7 Å². The Bertz CT molecular complexity index is 412. The molecule has 112 valence electrons. The molecule has 0 spiro atoms. The summed E-state index contributed by atoms with van der Waals surface area (Å²) in [7, 11) is -1.05. The van der Waals surface area contributed by atoms with E-state index >= 15 is 0 Å². The number of sulfonamides is 1. The standard InChI is InChI=1S/C13H26N2O3S/c1-14-7-4-6-13(16,11-14)9-12-5-3-8-15(10-12)19(2,17)18/h12,16H,3-11H2,1-2H3. The maximum Gasteiger partial charge on any atom is 0.211 e. The monoisotopic (exact) mass is 290 g/mol. The van der Waals surface area contributed by atoms with Crippen molar-refractivity contribution in [2.24, 2.45) is 5.92 Å². The fraction of sp³-hybridized carbons (Fsp3) is 1.00. The number of aliphatic hydroxyl groups is 1. The third kappa shape index (κ3) is 4.15. The van der Waals surface area contributed by atoms with Crippen LogP contribution < -0.4 is 0 Å². The first-order valence-electron chi connectivity index (χ1n) is 7.15. The van der Waals surface area contributed by atoms with Crippen LogP contribution in [0.25, 0.3) is 0 Å². The summed E-state index contributed by atoms with van der Waals surface area (Å²) in [5.41, 5.74) is -0.627. The van der Waals surface area contributed by atoms with Crippen molar-refractivity contribution < 1.29 is 13.5 Å². The van der Waals surface area contributed by atoms with Gasteiger partial charge in [-0.3, -0.25) is 0 Å². The van der Waals surface area contributed by atoms with Crippen molar-refractivity contribution >= 4 is 10.0 Å². The molecule has 0 aromatic rings. The van der Waals surface area contributed by atoms with E-state index in [0.717, 1.165) is 38.6 Å². The summed E-state index contributed by atoms with van der Waals surface area (Å²) in [5.74, 6) is 0.292. The first-order chi connectivity index (χ1) is 8.78. The summed E-state index contributed by atoms with van der Waals surface area (Å²) < 4.78 is 24.8. The van der Waals surface area contributed by atoms with Gasteiger partial charge in [-0.25, -0.2) is 12.7 Å². The highest BCUT2D eigenvalue weighted by molar-refractivity contribution is 7.88. The molecule has 5 nitrogen and oxygen atoms in total. The number of piperidine rings is 2. The van der Waals surface area contributed by atoms with E-state index in [0.29, 0.717) is 25.6 Å². The number of β-amino-alcohol motifs (C(OH)–C–C–N with tert-alkyl or cyclic N) is 1. The largest absolute Gasteiger partial charge is 0.389 e. The third-order valence-corrected chi connectivity index (χ3v) is 5.64. The van der Waals surface area contributed by atoms with Gasteiger partial charge in [0.25, 0.3) is 0 Å². The molecule has 0 radical (unpaired) electrons. The molecular formula is C13H26N2O3S. The summed E-state index contributed by atoms with van der Waals surface area (Å²) in [6.45, 7) is 2.96. The molecule has 0 bridgehead atoms. The van der Waals surface area contributed by atoms with Gasteiger partial charge >= 0.3 is 0 Å².